The van der Waals surface area contributed by atoms with Gasteiger partial charge in [-0.1, -0.05) is 22.9 Å². The second-order valence-electron chi connectivity index (χ2n) is 6.06. The Kier molecular flexibility index (Phi) is 4.22. The molecule has 1 N–H and O–H groups in total. The number of anilines is 1. The maximum atomic E-state index is 14.0. The number of aliphatic hydroxyl groups excluding tert-OH is 1. The molecule has 7 nitrogen and oxygen atoms in total. The fourth-order valence-corrected chi connectivity index (χ4v) is 3.32. The smallest absolute Gasteiger partial charge is 0.184 e. The van der Waals surface area contributed by atoms with Gasteiger partial charge in [-0.15, -0.1) is 5.10 Å². The van der Waals surface area contributed by atoms with Gasteiger partial charge in [-0.3, -0.25) is 0 Å². The SMILES string of the molecule is O[C@H]1CCCN(c2ncnc3c2nnn3Cc2c(F)cccc2Cl)C1. The van der Waals surface area contributed by atoms with Gasteiger partial charge in [0.05, 0.1) is 12.6 Å². The van der Waals surface area contributed by atoms with E-state index >= 15 is 0 Å². The van der Waals surface area contributed by atoms with Crippen LogP contribution in [0.5, 0.6) is 0 Å². The molecule has 3 heterocycles. The highest BCUT2D eigenvalue weighted by Gasteiger charge is 2.23. The number of hydrogen-bond donors (Lipinski definition) is 1. The molecular formula is C16H16ClFN6O. The summed E-state index contributed by atoms with van der Waals surface area (Å²) in [4.78, 5) is 10.5. The third-order valence-corrected chi connectivity index (χ3v) is 4.70. The van der Waals surface area contributed by atoms with Gasteiger partial charge in [-0.2, -0.15) is 0 Å². The van der Waals surface area contributed by atoms with Gasteiger partial charge < -0.3 is 10.0 Å². The standard InChI is InChI=1S/C16H16ClFN6O/c17-12-4-1-5-13(18)11(12)8-24-16-14(21-22-24)15(19-9-20-16)23-6-2-3-10(25)7-23/h1,4-5,9-10,25H,2-3,6-8H2/t10-/m0/s1. The number of fused-ring (bicyclic) bond motifs is 1. The van der Waals surface area contributed by atoms with Crippen LogP contribution in [0, 0.1) is 5.82 Å². The molecule has 1 saturated heterocycles. The molecule has 0 amide bonds. The Morgan fingerprint density at radius 2 is 2.20 bits per heavy atom. The first-order valence-electron chi connectivity index (χ1n) is 8.03. The van der Waals surface area contributed by atoms with Gasteiger partial charge in [0, 0.05) is 23.7 Å². The summed E-state index contributed by atoms with van der Waals surface area (Å²) in [5, 5.41) is 18.5. The second kappa shape index (κ2) is 6.53. The monoisotopic (exact) mass is 362 g/mol. The van der Waals surface area contributed by atoms with Gasteiger partial charge in [0.15, 0.2) is 17.0 Å². The molecular weight excluding hydrogens is 347 g/mol. The largest absolute Gasteiger partial charge is 0.391 e. The molecule has 25 heavy (non-hydrogen) atoms. The van der Waals surface area contributed by atoms with Crippen LogP contribution in [0.15, 0.2) is 24.5 Å². The highest BCUT2D eigenvalue weighted by Crippen LogP contribution is 2.25. The minimum absolute atomic E-state index is 0.126. The van der Waals surface area contributed by atoms with Gasteiger partial charge in [0.1, 0.15) is 12.1 Å². The number of piperidine rings is 1. The highest BCUT2D eigenvalue weighted by molar-refractivity contribution is 6.31. The predicted molar refractivity (Wildman–Crippen MR) is 91.1 cm³/mol. The van der Waals surface area contributed by atoms with E-state index in [2.05, 4.69) is 20.3 Å². The average Bonchev–Trinajstić information content (AvgIpc) is 3.01. The van der Waals surface area contributed by atoms with Gasteiger partial charge in [0.25, 0.3) is 0 Å². The van der Waals surface area contributed by atoms with E-state index in [9.17, 15) is 9.50 Å². The minimum atomic E-state index is -0.399. The zero-order chi connectivity index (χ0) is 17.4. The summed E-state index contributed by atoms with van der Waals surface area (Å²) in [6.45, 7) is 1.41. The number of aliphatic hydroxyl groups is 1. The van der Waals surface area contributed by atoms with Crippen molar-refractivity contribution in [3.05, 3.63) is 40.9 Å². The Morgan fingerprint density at radius 3 is 3.00 bits per heavy atom. The van der Waals surface area contributed by atoms with Crippen LogP contribution in [0.25, 0.3) is 11.2 Å². The number of nitrogens with zero attached hydrogens (tertiary/aromatic N) is 6. The van der Waals surface area contributed by atoms with E-state index in [4.69, 9.17) is 11.6 Å². The fraction of sp³-hybridized carbons (Fsp3) is 0.375. The van der Waals surface area contributed by atoms with E-state index in [1.807, 2.05) is 4.90 Å². The number of halogens is 2. The first-order chi connectivity index (χ1) is 12.1. The topological polar surface area (TPSA) is 80.0 Å². The first-order valence-corrected chi connectivity index (χ1v) is 8.41. The molecule has 1 aliphatic rings. The maximum Gasteiger partial charge on any atom is 0.184 e. The average molecular weight is 363 g/mol. The Hall–Kier alpha value is -2.32. The Morgan fingerprint density at radius 1 is 1.32 bits per heavy atom. The van der Waals surface area contributed by atoms with Crippen LogP contribution in [0.1, 0.15) is 18.4 Å². The maximum absolute atomic E-state index is 14.0. The first kappa shape index (κ1) is 16.2. The third-order valence-electron chi connectivity index (χ3n) is 4.35. The van der Waals surface area contributed by atoms with E-state index in [0.29, 0.717) is 34.1 Å². The summed E-state index contributed by atoms with van der Waals surface area (Å²) in [5.74, 6) is 0.235. The number of benzene rings is 1. The summed E-state index contributed by atoms with van der Waals surface area (Å²) < 4.78 is 15.5. The van der Waals surface area contributed by atoms with E-state index in [0.717, 1.165) is 19.4 Å². The molecule has 4 rings (SSSR count). The lowest BCUT2D eigenvalue weighted by Crippen LogP contribution is -2.38. The Balaban J connectivity index is 1.72. The molecule has 1 aliphatic heterocycles. The molecule has 0 saturated carbocycles. The number of aromatic nitrogens is 5. The van der Waals surface area contributed by atoms with Crippen LogP contribution in [0.4, 0.5) is 10.2 Å². The van der Waals surface area contributed by atoms with Crippen LogP contribution >= 0.6 is 11.6 Å². The lowest BCUT2D eigenvalue weighted by atomic mass is 10.1. The lowest BCUT2D eigenvalue weighted by Gasteiger charge is -2.30. The molecule has 130 valence electrons. The van der Waals surface area contributed by atoms with E-state index in [1.54, 1.807) is 12.1 Å². The second-order valence-corrected chi connectivity index (χ2v) is 6.47. The predicted octanol–water partition coefficient (Wildman–Crippen LogP) is 2.02. The molecule has 0 aliphatic carbocycles. The van der Waals surface area contributed by atoms with Crippen LogP contribution in [-0.2, 0) is 6.54 Å². The summed E-state index contributed by atoms with van der Waals surface area (Å²) in [5.41, 5.74) is 1.37. The fourth-order valence-electron chi connectivity index (χ4n) is 3.10. The van der Waals surface area contributed by atoms with Gasteiger partial charge in [-0.05, 0) is 25.0 Å². The molecule has 9 heteroatoms. The highest BCUT2D eigenvalue weighted by atomic mass is 35.5. The van der Waals surface area contributed by atoms with Crippen molar-refractivity contribution in [3.63, 3.8) is 0 Å². The van der Waals surface area contributed by atoms with Crippen molar-refractivity contribution in [2.24, 2.45) is 0 Å². The van der Waals surface area contributed by atoms with Gasteiger partial charge in [0.2, 0.25) is 0 Å². The number of hydrogen-bond acceptors (Lipinski definition) is 6. The summed E-state index contributed by atoms with van der Waals surface area (Å²) in [6, 6.07) is 4.55. The van der Waals surface area contributed by atoms with Crippen LogP contribution in [-0.4, -0.2) is 49.3 Å². The minimum Gasteiger partial charge on any atom is -0.391 e. The molecule has 1 atom stereocenters. The van der Waals surface area contributed by atoms with Crippen LogP contribution < -0.4 is 4.90 Å². The quantitative estimate of drug-likeness (QED) is 0.768. The van der Waals surface area contributed by atoms with E-state index < -0.39 is 5.82 Å². The third kappa shape index (κ3) is 3.03. The zero-order valence-electron chi connectivity index (χ0n) is 13.3. The lowest BCUT2D eigenvalue weighted by molar-refractivity contribution is 0.154. The van der Waals surface area contributed by atoms with E-state index in [1.165, 1.54) is 17.1 Å². The van der Waals surface area contributed by atoms with Crippen molar-refractivity contribution in [1.82, 2.24) is 25.0 Å². The van der Waals surface area contributed by atoms with Crippen molar-refractivity contribution >= 4 is 28.6 Å². The number of β-amino-alcohol motifs (C(OH)–C–C–N with tert-alkyl or cyclic N) is 1. The molecule has 0 spiro atoms. The Bertz CT molecular complexity index is 897. The van der Waals surface area contributed by atoms with Crippen LogP contribution in [0.2, 0.25) is 5.02 Å². The van der Waals surface area contributed by atoms with Crippen molar-refractivity contribution in [2.75, 3.05) is 18.0 Å². The molecule has 3 aromatic rings. The Labute approximate surface area is 148 Å². The zero-order valence-corrected chi connectivity index (χ0v) is 14.1. The van der Waals surface area contributed by atoms with Crippen molar-refractivity contribution in [1.29, 1.82) is 0 Å². The molecule has 1 aromatic carbocycles. The normalized spacial score (nSPS) is 18.0. The molecule has 2 aromatic heterocycles. The summed E-state index contributed by atoms with van der Waals surface area (Å²) >= 11 is 6.10. The van der Waals surface area contributed by atoms with Crippen molar-refractivity contribution in [2.45, 2.75) is 25.5 Å². The summed E-state index contributed by atoms with van der Waals surface area (Å²) in [7, 11) is 0. The molecule has 0 bridgehead atoms. The van der Waals surface area contributed by atoms with Crippen molar-refractivity contribution < 1.29 is 9.50 Å². The summed E-state index contributed by atoms with van der Waals surface area (Å²) in [6.07, 6.45) is 2.71. The van der Waals surface area contributed by atoms with E-state index in [-0.39, 0.29) is 12.6 Å². The van der Waals surface area contributed by atoms with Crippen LogP contribution in [0.3, 0.4) is 0 Å². The number of rotatable bonds is 3. The molecule has 0 radical (unpaired) electrons. The van der Waals surface area contributed by atoms with Gasteiger partial charge >= 0.3 is 0 Å². The molecule has 0 unspecified atom stereocenters. The van der Waals surface area contributed by atoms with Crippen molar-refractivity contribution in [3.8, 4) is 0 Å². The molecule has 1 fully saturated rings. The van der Waals surface area contributed by atoms with Gasteiger partial charge in [-0.25, -0.2) is 19.0 Å².